The number of nitrogen functional groups attached to an aromatic ring is 1. The third-order valence-electron chi connectivity index (χ3n) is 3.23. The minimum Gasteiger partial charge on any atom is -0.439 e. The molecule has 0 saturated heterocycles. The van der Waals surface area contributed by atoms with Crippen LogP contribution in [-0.4, -0.2) is 17.0 Å². The van der Waals surface area contributed by atoms with Crippen molar-refractivity contribution < 1.29 is 4.74 Å². The van der Waals surface area contributed by atoms with Crippen LogP contribution in [0.3, 0.4) is 0 Å². The van der Waals surface area contributed by atoms with E-state index in [0.717, 1.165) is 11.3 Å². The monoisotopic (exact) mass is 286 g/mol. The highest BCUT2D eigenvalue weighted by Crippen LogP contribution is 2.30. The number of aryl methyl sites for hydroxylation is 1. The van der Waals surface area contributed by atoms with E-state index in [9.17, 15) is 0 Å². The number of rotatable bonds is 3. The van der Waals surface area contributed by atoms with Gasteiger partial charge in [-0.25, -0.2) is 0 Å². The van der Waals surface area contributed by atoms with Crippen LogP contribution in [0.25, 0.3) is 0 Å². The zero-order valence-electron chi connectivity index (χ0n) is 13.2. The molecule has 1 heterocycles. The van der Waals surface area contributed by atoms with Crippen LogP contribution < -0.4 is 15.8 Å². The molecule has 0 unspecified atom stereocenters. The Labute approximate surface area is 125 Å². The molecule has 0 aliphatic rings. The van der Waals surface area contributed by atoms with Gasteiger partial charge in [-0.1, -0.05) is 32.9 Å². The second-order valence-electron chi connectivity index (χ2n) is 6.03. The lowest BCUT2D eigenvalue weighted by Crippen LogP contribution is -2.11. The van der Waals surface area contributed by atoms with Crippen LogP contribution >= 0.6 is 0 Å². The number of benzene rings is 1. The summed E-state index contributed by atoms with van der Waals surface area (Å²) in [5, 5.41) is 2.93. The van der Waals surface area contributed by atoms with Crippen molar-refractivity contribution in [3.05, 3.63) is 35.4 Å². The largest absolute Gasteiger partial charge is 0.439 e. The Morgan fingerprint density at radius 3 is 2.43 bits per heavy atom. The number of aromatic nitrogens is 2. The molecule has 0 aliphatic carbocycles. The first-order valence-electron chi connectivity index (χ1n) is 6.91. The summed E-state index contributed by atoms with van der Waals surface area (Å²) in [6.07, 6.45) is 0. The number of nitrogens with zero attached hydrogens (tertiary/aromatic N) is 2. The predicted molar refractivity (Wildman–Crippen MR) is 85.9 cm³/mol. The molecule has 3 N–H and O–H groups in total. The van der Waals surface area contributed by atoms with Crippen LogP contribution in [-0.2, 0) is 5.41 Å². The first-order valence-corrected chi connectivity index (χ1v) is 6.91. The van der Waals surface area contributed by atoms with E-state index in [1.807, 2.05) is 13.0 Å². The summed E-state index contributed by atoms with van der Waals surface area (Å²) in [6, 6.07) is 7.89. The van der Waals surface area contributed by atoms with E-state index < -0.39 is 0 Å². The Bertz CT molecular complexity index is 647. The molecule has 2 rings (SSSR count). The van der Waals surface area contributed by atoms with Gasteiger partial charge in [0.15, 0.2) is 0 Å². The molecule has 0 radical (unpaired) electrons. The molecule has 0 fully saturated rings. The second-order valence-corrected chi connectivity index (χ2v) is 6.03. The molecule has 1 aromatic carbocycles. The molecule has 2 aromatic rings. The van der Waals surface area contributed by atoms with E-state index in [0.29, 0.717) is 11.7 Å². The fourth-order valence-corrected chi connectivity index (χ4v) is 1.97. The third-order valence-corrected chi connectivity index (χ3v) is 3.23. The maximum Gasteiger partial charge on any atom is 0.226 e. The molecular formula is C16H22N4O. The van der Waals surface area contributed by atoms with E-state index in [-0.39, 0.29) is 11.4 Å². The van der Waals surface area contributed by atoms with E-state index in [2.05, 4.69) is 48.2 Å². The van der Waals surface area contributed by atoms with Crippen molar-refractivity contribution in [3.63, 3.8) is 0 Å². The lowest BCUT2D eigenvalue weighted by Gasteiger charge is -2.20. The number of anilines is 2. The fourth-order valence-electron chi connectivity index (χ4n) is 1.97. The third kappa shape index (κ3) is 3.62. The number of hydrogen-bond acceptors (Lipinski definition) is 5. The number of nitrogens with two attached hydrogens (primary N) is 1. The molecule has 0 spiro atoms. The zero-order valence-corrected chi connectivity index (χ0v) is 13.2. The van der Waals surface area contributed by atoms with E-state index in [4.69, 9.17) is 10.5 Å². The SMILES string of the molecule is CNc1cc(Oc2ccc(C(C)(C)C)cc2C)nc(N)n1. The normalized spacial score (nSPS) is 11.3. The summed E-state index contributed by atoms with van der Waals surface area (Å²) in [5.74, 6) is 2.00. The van der Waals surface area contributed by atoms with Gasteiger partial charge in [0.25, 0.3) is 0 Å². The van der Waals surface area contributed by atoms with E-state index in [1.165, 1.54) is 5.56 Å². The van der Waals surface area contributed by atoms with Gasteiger partial charge in [0.1, 0.15) is 11.6 Å². The van der Waals surface area contributed by atoms with Crippen molar-refractivity contribution in [1.82, 2.24) is 9.97 Å². The molecule has 5 heteroatoms. The van der Waals surface area contributed by atoms with Crippen molar-refractivity contribution in [2.75, 3.05) is 18.1 Å². The standard InChI is InChI=1S/C16H22N4O/c1-10-8-11(16(2,3)4)6-7-12(10)21-14-9-13(18-5)19-15(17)20-14/h6-9H,1-5H3,(H3,17,18,19,20). The Morgan fingerprint density at radius 2 is 1.86 bits per heavy atom. The van der Waals surface area contributed by atoms with Gasteiger partial charge in [0.2, 0.25) is 11.8 Å². The summed E-state index contributed by atoms with van der Waals surface area (Å²) >= 11 is 0. The maximum atomic E-state index is 5.83. The van der Waals surface area contributed by atoms with Gasteiger partial charge in [-0.2, -0.15) is 9.97 Å². The van der Waals surface area contributed by atoms with Crippen LogP contribution in [0.5, 0.6) is 11.6 Å². The molecular weight excluding hydrogens is 264 g/mol. The van der Waals surface area contributed by atoms with Crippen molar-refractivity contribution in [2.45, 2.75) is 33.1 Å². The van der Waals surface area contributed by atoms with Crippen LogP contribution in [0.4, 0.5) is 11.8 Å². The lowest BCUT2D eigenvalue weighted by molar-refractivity contribution is 0.458. The molecule has 21 heavy (non-hydrogen) atoms. The van der Waals surface area contributed by atoms with Crippen molar-refractivity contribution in [3.8, 4) is 11.6 Å². The summed E-state index contributed by atoms with van der Waals surface area (Å²) in [6.45, 7) is 8.58. The Kier molecular flexibility index (Phi) is 4.02. The topological polar surface area (TPSA) is 73.1 Å². The summed E-state index contributed by atoms with van der Waals surface area (Å²) < 4.78 is 5.83. The minimum absolute atomic E-state index is 0.113. The molecule has 1 aromatic heterocycles. The second kappa shape index (κ2) is 5.60. The average molecular weight is 286 g/mol. The number of ether oxygens (including phenoxy) is 1. The quantitative estimate of drug-likeness (QED) is 0.903. The van der Waals surface area contributed by atoms with Gasteiger partial charge in [-0.3, -0.25) is 0 Å². The molecule has 0 amide bonds. The van der Waals surface area contributed by atoms with Gasteiger partial charge in [0, 0.05) is 13.1 Å². The molecule has 0 saturated carbocycles. The minimum atomic E-state index is 0.113. The summed E-state index contributed by atoms with van der Waals surface area (Å²) in [7, 11) is 1.77. The smallest absolute Gasteiger partial charge is 0.226 e. The van der Waals surface area contributed by atoms with Crippen LogP contribution in [0.2, 0.25) is 0 Å². The fraction of sp³-hybridized carbons (Fsp3) is 0.375. The van der Waals surface area contributed by atoms with Gasteiger partial charge >= 0.3 is 0 Å². The van der Waals surface area contributed by atoms with Crippen molar-refractivity contribution in [1.29, 1.82) is 0 Å². The first-order chi connectivity index (χ1) is 9.79. The van der Waals surface area contributed by atoms with Gasteiger partial charge in [0.05, 0.1) is 0 Å². The first kappa shape index (κ1) is 15.1. The highest BCUT2D eigenvalue weighted by atomic mass is 16.5. The van der Waals surface area contributed by atoms with Crippen LogP contribution in [0.1, 0.15) is 31.9 Å². The number of hydrogen-bond donors (Lipinski definition) is 2. The molecule has 112 valence electrons. The average Bonchev–Trinajstić information content (AvgIpc) is 2.39. The predicted octanol–water partition coefficient (Wildman–Crippen LogP) is 3.50. The van der Waals surface area contributed by atoms with Gasteiger partial charge in [-0.05, 0) is 29.5 Å². The number of nitrogens with one attached hydrogen (secondary N) is 1. The molecule has 5 nitrogen and oxygen atoms in total. The van der Waals surface area contributed by atoms with Gasteiger partial charge < -0.3 is 15.8 Å². The highest BCUT2D eigenvalue weighted by Gasteiger charge is 2.15. The van der Waals surface area contributed by atoms with Crippen LogP contribution in [0, 0.1) is 6.92 Å². The van der Waals surface area contributed by atoms with E-state index >= 15 is 0 Å². The molecule has 0 aliphatic heterocycles. The van der Waals surface area contributed by atoms with Gasteiger partial charge in [-0.15, -0.1) is 0 Å². The molecule has 0 atom stereocenters. The Balaban J connectivity index is 2.30. The van der Waals surface area contributed by atoms with Crippen molar-refractivity contribution >= 4 is 11.8 Å². The Hall–Kier alpha value is -2.30. The zero-order chi connectivity index (χ0) is 15.6. The Morgan fingerprint density at radius 1 is 1.14 bits per heavy atom. The van der Waals surface area contributed by atoms with E-state index in [1.54, 1.807) is 13.1 Å². The van der Waals surface area contributed by atoms with Crippen LogP contribution in [0.15, 0.2) is 24.3 Å². The summed E-state index contributed by atoms with van der Waals surface area (Å²) in [5.41, 5.74) is 8.11. The van der Waals surface area contributed by atoms with Crippen molar-refractivity contribution in [2.24, 2.45) is 0 Å². The maximum absolute atomic E-state index is 5.83. The molecule has 0 bridgehead atoms. The highest BCUT2D eigenvalue weighted by molar-refractivity contribution is 5.45. The lowest BCUT2D eigenvalue weighted by atomic mass is 9.86. The summed E-state index contributed by atoms with van der Waals surface area (Å²) in [4.78, 5) is 8.13.